The van der Waals surface area contributed by atoms with E-state index in [9.17, 15) is 4.79 Å². The van der Waals surface area contributed by atoms with Crippen LogP contribution in [0.1, 0.15) is 42.9 Å². The molecule has 4 nitrogen and oxygen atoms in total. The summed E-state index contributed by atoms with van der Waals surface area (Å²) < 4.78 is 15.2. The minimum absolute atomic E-state index is 0.0951. The normalized spacial score (nSPS) is 24.8. The van der Waals surface area contributed by atoms with E-state index in [1.54, 1.807) is 23.1 Å². The predicted molar refractivity (Wildman–Crippen MR) is 115 cm³/mol. The first kappa shape index (κ1) is 19.8. The molecule has 0 radical (unpaired) electrons. The van der Waals surface area contributed by atoms with Gasteiger partial charge in [-0.15, -0.1) is 0 Å². The van der Waals surface area contributed by atoms with Crippen LogP contribution in [0, 0.1) is 5.92 Å². The maximum atomic E-state index is 15.2. The zero-order valence-electron chi connectivity index (χ0n) is 16.5. The van der Waals surface area contributed by atoms with Crippen LogP contribution in [0.15, 0.2) is 47.6 Å². The summed E-state index contributed by atoms with van der Waals surface area (Å²) in [5, 5.41) is 5.36. The second-order valence-corrected chi connectivity index (χ2v) is 9.58. The number of oxime groups is 1. The lowest BCUT2D eigenvalue weighted by Gasteiger charge is -2.45. The van der Waals surface area contributed by atoms with E-state index in [1.807, 2.05) is 31.2 Å². The molecule has 2 aliphatic heterocycles. The average molecular weight is 447 g/mol. The molecular formula is C23H21Cl2FN2O2. The third-order valence-corrected chi connectivity index (χ3v) is 6.63. The van der Waals surface area contributed by atoms with Gasteiger partial charge in [-0.3, -0.25) is 4.79 Å². The molecule has 30 heavy (non-hydrogen) atoms. The molecule has 1 amide bonds. The van der Waals surface area contributed by atoms with E-state index in [4.69, 9.17) is 28.0 Å². The number of hydrogen-bond donors (Lipinski definition) is 0. The molecule has 1 atom stereocenters. The molecule has 0 aromatic heterocycles. The van der Waals surface area contributed by atoms with E-state index >= 15 is 4.39 Å². The lowest BCUT2D eigenvalue weighted by molar-refractivity contribution is -0.147. The van der Waals surface area contributed by atoms with Crippen molar-refractivity contribution in [3.05, 3.63) is 69.2 Å². The number of hydrogen-bond acceptors (Lipinski definition) is 3. The van der Waals surface area contributed by atoms with Gasteiger partial charge in [-0.2, -0.15) is 0 Å². The van der Waals surface area contributed by atoms with Crippen molar-refractivity contribution < 1.29 is 14.0 Å². The van der Waals surface area contributed by atoms with Crippen molar-refractivity contribution in [3.63, 3.8) is 0 Å². The lowest BCUT2D eigenvalue weighted by Crippen LogP contribution is -2.59. The Bertz CT molecular complexity index is 1030. The van der Waals surface area contributed by atoms with Crippen LogP contribution in [0.5, 0.6) is 0 Å². The molecule has 0 spiro atoms. The highest BCUT2D eigenvalue weighted by molar-refractivity contribution is 6.34. The molecular weight excluding hydrogens is 426 g/mol. The Balaban J connectivity index is 1.28. The van der Waals surface area contributed by atoms with Crippen LogP contribution >= 0.6 is 23.2 Å². The topological polar surface area (TPSA) is 41.9 Å². The highest BCUT2D eigenvalue weighted by Crippen LogP contribution is 2.41. The number of carbonyl (C=O) groups excluding carboxylic acids is 1. The zero-order valence-corrected chi connectivity index (χ0v) is 18.0. The molecule has 0 bridgehead atoms. The van der Waals surface area contributed by atoms with Crippen LogP contribution in [-0.4, -0.2) is 29.6 Å². The number of likely N-dealkylation sites (tertiary alicyclic amines) is 1. The van der Waals surface area contributed by atoms with Crippen LogP contribution in [0.25, 0.3) is 0 Å². The summed E-state index contributed by atoms with van der Waals surface area (Å²) >= 11 is 12.3. The third-order valence-electron chi connectivity index (χ3n) is 6.19. The van der Waals surface area contributed by atoms with Crippen LogP contribution < -0.4 is 0 Å². The Kier molecular flexibility index (Phi) is 4.60. The standard InChI is InChI=1S/C23H21Cl2FN2O2/c1-22(17-8-18(24)10-19(25)9-17)11-20(27-30-22)14-4-6-16(7-5-14)23(26)12-28(13-23)21(29)15-2-3-15/h4-10,15H,2-3,11-13H2,1H3. The maximum absolute atomic E-state index is 15.2. The van der Waals surface area contributed by atoms with Gasteiger partial charge in [0, 0.05) is 27.9 Å². The van der Waals surface area contributed by atoms with Crippen molar-refractivity contribution in [1.82, 2.24) is 4.90 Å². The Morgan fingerprint density at radius 2 is 1.73 bits per heavy atom. The monoisotopic (exact) mass is 446 g/mol. The van der Waals surface area contributed by atoms with Gasteiger partial charge in [0.05, 0.1) is 18.8 Å². The van der Waals surface area contributed by atoms with Gasteiger partial charge in [-0.05, 0) is 49.1 Å². The average Bonchev–Trinajstić information content (AvgIpc) is 3.46. The molecule has 2 heterocycles. The number of carbonyl (C=O) groups is 1. The summed E-state index contributed by atoms with van der Waals surface area (Å²) in [5.41, 5.74) is 0.976. The van der Waals surface area contributed by atoms with E-state index in [1.165, 1.54) is 0 Å². The van der Waals surface area contributed by atoms with Gasteiger partial charge in [-0.25, -0.2) is 4.39 Å². The molecule has 1 saturated heterocycles. The summed E-state index contributed by atoms with van der Waals surface area (Å²) in [7, 11) is 0. The first-order chi connectivity index (χ1) is 14.3. The van der Waals surface area contributed by atoms with E-state index in [0.717, 1.165) is 29.7 Å². The number of halogens is 3. The summed E-state index contributed by atoms with van der Waals surface area (Å²) in [6, 6.07) is 12.6. The molecule has 3 aliphatic rings. The molecule has 5 rings (SSSR count). The van der Waals surface area contributed by atoms with Gasteiger partial charge in [0.1, 0.15) is 0 Å². The van der Waals surface area contributed by atoms with E-state index in [-0.39, 0.29) is 24.9 Å². The summed E-state index contributed by atoms with van der Waals surface area (Å²) in [4.78, 5) is 19.4. The van der Waals surface area contributed by atoms with Crippen molar-refractivity contribution >= 4 is 34.8 Å². The van der Waals surface area contributed by atoms with Crippen molar-refractivity contribution in [1.29, 1.82) is 0 Å². The minimum atomic E-state index is -1.47. The molecule has 2 aromatic rings. The Hall–Kier alpha value is -2.11. The number of alkyl halides is 1. The molecule has 1 saturated carbocycles. The molecule has 7 heteroatoms. The van der Waals surface area contributed by atoms with Gasteiger partial charge in [0.2, 0.25) is 5.91 Å². The number of amides is 1. The lowest BCUT2D eigenvalue weighted by atomic mass is 9.85. The quantitative estimate of drug-likeness (QED) is 0.626. The number of rotatable bonds is 4. The van der Waals surface area contributed by atoms with E-state index in [2.05, 4.69) is 5.16 Å². The first-order valence-corrected chi connectivity index (χ1v) is 10.8. The van der Waals surface area contributed by atoms with Gasteiger partial charge in [-0.1, -0.05) is 52.6 Å². The zero-order chi connectivity index (χ0) is 21.1. The SMILES string of the molecule is CC1(c2cc(Cl)cc(Cl)c2)CC(c2ccc(C3(F)CN(C(=O)C4CC4)C3)cc2)=NO1. The van der Waals surface area contributed by atoms with Crippen molar-refractivity contribution in [2.45, 2.75) is 37.5 Å². The third kappa shape index (κ3) is 3.48. The van der Waals surface area contributed by atoms with E-state index in [0.29, 0.717) is 22.0 Å². The van der Waals surface area contributed by atoms with Gasteiger partial charge in [0.15, 0.2) is 11.3 Å². The second kappa shape index (κ2) is 6.96. The predicted octanol–water partition coefficient (Wildman–Crippen LogP) is 5.45. The first-order valence-electron chi connectivity index (χ1n) is 10.1. The molecule has 1 unspecified atom stereocenters. The smallest absolute Gasteiger partial charge is 0.225 e. The van der Waals surface area contributed by atoms with Gasteiger partial charge in [0.25, 0.3) is 0 Å². The summed E-state index contributed by atoms with van der Waals surface area (Å²) in [5.74, 6) is 0.221. The number of benzene rings is 2. The van der Waals surface area contributed by atoms with Crippen molar-refractivity contribution in [3.8, 4) is 0 Å². The van der Waals surface area contributed by atoms with Crippen LogP contribution in [0.4, 0.5) is 4.39 Å². The largest absolute Gasteiger partial charge is 0.384 e. The van der Waals surface area contributed by atoms with Crippen molar-refractivity contribution in [2.75, 3.05) is 13.1 Å². The Morgan fingerprint density at radius 1 is 1.10 bits per heavy atom. The van der Waals surface area contributed by atoms with Crippen LogP contribution in [0.3, 0.4) is 0 Å². The summed E-state index contributed by atoms with van der Waals surface area (Å²) in [6.07, 6.45) is 2.43. The van der Waals surface area contributed by atoms with Gasteiger partial charge < -0.3 is 9.74 Å². The van der Waals surface area contributed by atoms with Gasteiger partial charge >= 0.3 is 0 Å². The fourth-order valence-electron chi connectivity index (χ4n) is 4.16. The Morgan fingerprint density at radius 3 is 2.33 bits per heavy atom. The van der Waals surface area contributed by atoms with Crippen LogP contribution in [-0.2, 0) is 20.9 Å². The Labute approximate surface area is 184 Å². The molecule has 156 valence electrons. The molecule has 0 N–H and O–H groups in total. The maximum Gasteiger partial charge on any atom is 0.225 e. The molecule has 1 aliphatic carbocycles. The minimum Gasteiger partial charge on any atom is -0.384 e. The fraction of sp³-hybridized carbons (Fsp3) is 0.391. The molecule has 2 fully saturated rings. The second-order valence-electron chi connectivity index (χ2n) is 8.71. The fourth-order valence-corrected chi connectivity index (χ4v) is 4.68. The molecule has 2 aromatic carbocycles. The number of nitrogens with zero attached hydrogens (tertiary/aromatic N) is 2. The van der Waals surface area contributed by atoms with Crippen molar-refractivity contribution in [2.24, 2.45) is 11.1 Å². The summed E-state index contributed by atoms with van der Waals surface area (Å²) in [6.45, 7) is 2.22. The highest BCUT2D eigenvalue weighted by Gasteiger charge is 2.49. The highest BCUT2D eigenvalue weighted by atomic mass is 35.5. The van der Waals surface area contributed by atoms with Crippen LogP contribution in [0.2, 0.25) is 10.0 Å². The van der Waals surface area contributed by atoms with E-state index < -0.39 is 11.3 Å².